The quantitative estimate of drug-likeness (QED) is 0.671. The fourth-order valence-electron chi connectivity index (χ4n) is 2.67. The number of hydrogen-bond donors (Lipinski definition) is 1. The molecule has 1 aromatic heterocycles. The van der Waals surface area contributed by atoms with Crippen molar-refractivity contribution in [2.24, 2.45) is 0 Å². The van der Waals surface area contributed by atoms with E-state index in [9.17, 15) is 10.1 Å². The monoisotopic (exact) mass is 374 g/mol. The number of nitrogens with zero attached hydrogens (tertiary/aromatic N) is 1. The van der Waals surface area contributed by atoms with Crippen molar-refractivity contribution in [3.05, 3.63) is 71.8 Å². The molecule has 1 amide bonds. The van der Waals surface area contributed by atoms with Crippen LogP contribution in [0.1, 0.15) is 31.9 Å². The number of anilines is 1. The lowest BCUT2D eigenvalue weighted by Gasteiger charge is -2.19. The van der Waals surface area contributed by atoms with Gasteiger partial charge in [-0.3, -0.25) is 10.1 Å². The van der Waals surface area contributed by atoms with Gasteiger partial charge in [0, 0.05) is 11.6 Å². The first kappa shape index (κ1) is 19.2. The summed E-state index contributed by atoms with van der Waals surface area (Å²) < 4.78 is 11.2. The topological polar surface area (TPSA) is 75.3 Å². The van der Waals surface area contributed by atoms with E-state index in [4.69, 9.17) is 9.15 Å². The Bertz CT molecular complexity index is 991. The summed E-state index contributed by atoms with van der Waals surface area (Å²) in [6.45, 7) is 6.23. The van der Waals surface area contributed by atoms with Crippen LogP contribution in [-0.4, -0.2) is 12.5 Å². The van der Waals surface area contributed by atoms with Crippen molar-refractivity contribution in [1.29, 1.82) is 5.26 Å². The van der Waals surface area contributed by atoms with Crippen molar-refractivity contribution >= 4 is 11.8 Å². The molecule has 28 heavy (non-hydrogen) atoms. The van der Waals surface area contributed by atoms with Gasteiger partial charge in [-0.1, -0.05) is 63.2 Å². The van der Waals surface area contributed by atoms with E-state index in [0.29, 0.717) is 11.5 Å². The van der Waals surface area contributed by atoms with E-state index in [1.54, 1.807) is 6.07 Å². The van der Waals surface area contributed by atoms with Gasteiger partial charge in [0.05, 0.1) is 0 Å². The average Bonchev–Trinajstić information content (AvgIpc) is 3.09. The van der Waals surface area contributed by atoms with Crippen LogP contribution in [0.2, 0.25) is 0 Å². The van der Waals surface area contributed by atoms with Crippen LogP contribution in [0.3, 0.4) is 0 Å². The van der Waals surface area contributed by atoms with E-state index in [1.165, 1.54) is 5.56 Å². The van der Waals surface area contributed by atoms with E-state index >= 15 is 0 Å². The third-order valence-corrected chi connectivity index (χ3v) is 4.25. The van der Waals surface area contributed by atoms with Gasteiger partial charge in [0.15, 0.2) is 6.61 Å². The maximum atomic E-state index is 12.2. The van der Waals surface area contributed by atoms with Gasteiger partial charge in [0.1, 0.15) is 23.1 Å². The zero-order chi connectivity index (χ0) is 20.1. The lowest BCUT2D eigenvalue weighted by Crippen LogP contribution is -2.20. The number of ether oxygens (including phenoxy) is 1. The van der Waals surface area contributed by atoms with E-state index in [2.05, 4.69) is 26.1 Å². The normalized spacial score (nSPS) is 10.9. The molecule has 0 aliphatic heterocycles. The molecular weight excluding hydrogens is 352 g/mol. The first-order valence-electron chi connectivity index (χ1n) is 8.99. The van der Waals surface area contributed by atoms with Gasteiger partial charge in [0.2, 0.25) is 5.88 Å². The number of furan rings is 1. The van der Waals surface area contributed by atoms with Crippen molar-refractivity contribution in [3.63, 3.8) is 0 Å². The van der Waals surface area contributed by atoms with Crippen molar-refractivity contribution in [3.8, 4) is 23.1 Å². The predicted molar refractivity (Wildman–Crippen MR) is 108 cm³/mol. The van der Waals surface area contributed by atoms with Crippen LogP contribution < -0.4 is 10.1 Å². The Hall–Kier alpha value is -3.52. The molecule has 1 heterocycles. The summed E-state index contributed by atoms with van der Waals surface area (Å²) in [5, 5.41) is 11.9. The van der Waals surface area contributed by atoms with E-state index in [-0.39, 0.29) is 23.5 Å². The molecule has 5 nitrogen and oxygen atoms in total. The smallest absolute Gasteiger partial charge is 0.264 e. The highest BCUT2D eigenvalue weighted by Gasteiger charge is 2.16. The molecule has 0 bridgehead atoms. The Morgan fingerprint density at radius 3 is 2.39 bits per heavy atom. The van der Waals surface area contributed by atoms with Crippen LogP contribution in [0, 0.1) is 11.3 Å². The standard InChI is InChI=1S/C23H22N2O3/c1-23(2,3)18-9-11-19(12-10-18)27-15-21(26)25-22-17(14-24)13-20(28-22)16-7-5-4-6-8-16/h4-13H,15H2,1-3H3,(H,25,26). The molecule has 0 atom stereocenters. The minimum Gasteiger partial charge on any atom is -0.484 e. The number of carbonyl (C=O) groups excluding carboxylic acids is 1. The predicted octanol–water partition coefficient (Wildman–Crippen LogP) is 5.13. The first-order valence-corrected chi connectivity index (χ1v) is 8.99. The number of nitriles is 1. The molecule has 0 spiro atoms. The molecule has 2 aromatic carbocycles. The number of carbonyl (C=O) groups is 1. The molecule has 142 valence electrons. The highest BCUT2D eigenvalue weighted by molar-refractivity contribution is 5.92. The first-order chi connectivity index (χ1) is 13.4. The van der Waals surface area contributed by atoms with Crippen LogP contribution in [0.5, 0.6) is 5.75 Å². The van der Waals surface area contributed by atoms with Gasteiger partial charge in [-0.2, -0.15) is 5.26 Å². The highest BCUT2D eigenvalue weighted by Crippen LogP contribution is 2.29. The van der Waals surface area contributed by atoms with Crippen LogP contribution in [-0.2, 0) is 10.2 Å². The summed E-state index contributed by atoms with van der Waals surface area (Å²) in [6, 6.07) is 20.7. The van der Waals surface area contributed by atoms with E-state index in [0.717, 1.165) is 5.56 Å². The second-order valence-corrected chi connectivity index (χ2v) is 7.44. The third-order valence-electron chi connectivity index (χ3n) is 4.25. The maximum absolute atomic E-state index is 12.2. The molecule has 0 aliphatic rings. The second-order valence-electron chi connectivity index (χ2n) is 7.44. The molecule has 0 unspecified atom stereocenters. The Labute approximate surface area is 164 Å². The van der Waals surface area contributed by atoms with Crippen LogP contribution >= 0.6 is 0 Å². The fourth-order valence-corrected chi connectivity index (χ4v) is 2.67. The summed E-state index contributed by atoms with van der Waals surface area (Å²) >= 11 is 0. The Balaban J connectivity index is 1.64. The molecule has 3 rings (SSSR count). The molecule has 1 N–H and O–H groups in total. The summed E-state index contributed by atoms with van der Waals surface area (Å²) in [4.78, 5) is 12.2. The minimum atomic E-state index is -0.398. The summed E-state index contributed by atoms with van der Waals surface area (Å²) in [6.07, 6.45) is 0. The zero-order valence-corrected chi connectivity index (χ0v) is 16.2. The minimum absolute atomic E-state index is 0.0549. The van der Waals surface area contributed by atoms with Gasteiger partial charge in [-0.05, 0) is 23.1 Å². The lowest BCUT2D eigenvalue weighted by molar-refractivity contribution is -0.118. The molecule has 0 saturated heterocycles. The second kappa shape index (κ2) is 8.01. The van der Waals surface area contributed by atoms with E-state index in [1.807, 2.05) is 60.7 Å². The number of rotatable bonds is 5. The average molecular weight is 374 g/mol. The highest BCUT2D eigenvalue weighted by atomic mass is 16.5. The van der Waals surface area contributed by atoms with Gasteiger partial charge < -0.3 is 9.15 Å². The van der Waals surface area contributed by atoms with Crippen LogP contribution in [0.15, 0.2) is 65.1 Å². The van der Waals surface area contributed by atoms with Gasteiger partial charge in [-0.15, -0.1) is 0 Å². The van der Waals surface area contributed by atoms with Crippen molar-refractivity contribution in [2.45, 2.75) is 26.2 Å². The molecule has 0 fully saturated rings. The van der Waals surface area contributed by atoms with Gasteiger partial charge >= 0.3 is 0 Å². The largest absolute Gasteiger partial charge is 0.484 e. The fraction of sp³-hybridized carbons (Fsp3) is 0.217. The Morgan fingerprint density at radius 1 is 1.11 bits per heavy atom. The SMILES string of the molecule is CC(C)(C)c1ccc(OCC(=O)Nc2oc(-c3ccccc3)cc2C#N)cc1. The van der Waals surface area contributed by atoms with Crippen molar-refractivity contribution in [2.75, 3.05) is 11.9 Å². The lowest BCUT2D eigenvalue weighted by atomic mass is 9.87. The number of amides is 1. The molecule has 0 radical (unpaired) electrons. The third kappa shape index (κ3) is 4.60. The van der Waals surface area contributed by atoms with Crippen molar-refractivity contribution in [1.82, 2.24) is 0 Å². The number of nitrogens with one attached hydrogen (secondary N) is 1. The van der Waals surface area contributed by atoms with Crippen LogP contribution in [0.4, 0.5) is 5.88 Å². The summed E-state index contributed by atoms with van der Waals surface area (Å²) in [5.41, 5.74) is 2.34. The molecule has 3 aromatic rings. The Kier molecular flexibility index (Phi) is 5.51. The van der Waals surface area contributed by atoms with Crippen molar-refractivity contribution < 1.29 is 13.9 Å². The van der Waals surface area contributed by atoms with Gasteiger partial charge in [0.25, 0.3) is 5.91 Å². The summed E-state index contributed by atoms with van der Waals surface area (Å²) in [7, 11) is 0. The van der Waals surface area contributed by atoms with Crippen LogP contribution in [0.25, 0.3) is 11.3 Å². The molecule has 0 saturated carbocycles. The number of benzene rings is 2. The zero-order valence-electron chi connectivity index (χ0n) is 16.2. The van der Waals surface area contributed by atoms with Gasteiger partial charge in [-0.25, -0.2) is 0 Å². The van der Waals surface area contributed by atoms with E-state index < -0.39 is 5.91 Å². The number of hydrogen-bond acceptors (Lipinski definition) is 4. The molecule has 5 heteroatoms. The molecular formula is C23H22N2O3. The summed E-state index contributed by atoms with van der Waals surface area (Å²) in [5.74, 6) is 0.850. The Morgan fingerprint density at radius 2 is 1.79 bits per heavy atom. The maximum Gasteiger partial charge on any atom is 0.264 e. The molecule has 0 aliphatic carbocycles.